The second-order valence-electron chi connectivity index (χ2n) is 4.15. The molecule has 1 saturated carbocycles. The number of hydrogen-bond donors (Lipinski definition) is 2. The third kappa shape index (κ3) is 1.88. The van der Waals surface area contributed by atoms with E-state index in [9.17, 15) is 4.79 Å². The van der Waals surface area contributed by atoms with E-state index in [1.165, 1.54) is 0 Å². The Morgan fingerprint density at radius 3 is 2.60 bits per heavy atom. The molecule has 4 N–H and O–H groups in total. The molecule has 0 aliphatic heterocycles. The lowest BCUT2D eigenvalue weighted by Gasteiger charge is -2.18. The Morgan fingerprint density at radius 2 is 2.00 bits per heavy atom. The number of primary amides is 1. The molecule has 1 aliphatic rings. The summed E-state index contributed by atoms with van der Waals surface area (Å²) in [5.74, 6) is -0.0570. The molecule has 2 atom stereocenters. The molecule has 2 unspecified atom stereocenters. The van der Waals surface area contributed by atoms with Crippen molar-refractivity contribution in [2.24, 2.45) is 11.5 Å². The first-order valence-electron chi connectivity index (χ1n) is 5.34. The molecule has 1 aromatic carbocycles. The number of rotatable bonds is 2. The first-order valence-corrected chi connectivity index (χ1v) is 5.34. The van der Waals surface area contributed by atoms with Crippen molar-refractivity contribution >= 4 is 5.91 Å². The van der Waals surface area contributed by atoms with Crippen LogP contribution in [0.2, 0.25) is 0 Å². The van der Waals surface area contributed by atoms with Crippen molar-refractivity contribution in [3.63, 3.8) is 0 Å². The molecular formula is C12H16N2O. The predicted molar refractivity (Wildman–Crippen MR) is 59.5 cm³/mol. The summed E-state index contributed by atoms with van der Waals surface area (Å²) in [5, 5.41) is 0. The quantitative estimate of drug-likeness (QED) is 0.764. The SMILES string of the molecule is NC(=O)c1ccccc1C1CCCC1N. The smallest absolute Gasteiger partial charge is 0.248 e. The van der Waals surface area contributed by atoms with Gasteiger partial charge in [0.2, 0.25) is 5.91 Å². The van der Waals surface area contributed by atoms with Crippen LogP contribution in [0, 0.1) is 0 Å². The summed E-state index contributed by atoms with van der Waals surface area (Å²) in [6, 6.07) is 7.70. The van der Waals surface area contributed by atoms with Crippen molar-refractivity contribution in [3.8, 4) is 0 Å². The van der Waals surface area contributed by atoms with E-state index < -0.39 is 0 Å². The summed E-state index contributed by atoms with van der Waals surface area (Å²) in [4.78, 5) is 11.3. The molecule has 0 aromatic heterocycles. The van der Waals surface area contributed by atoms with Gasteiger partial charge < -0.3 is 11.5 Å². The maximum atomic E-state index is 11.3. The van der Waals surface area contributed by atoms with Crippen LogP contribution in [-0.2, 0) is 0 Å². The topological polar surface area (TPSA) is 69.1 Å². The van der Waals surface area contributed by atoms with Gasteiger partial charge in [-0.2, -0.15) is 0 Å². The van der Waals surface area contributed by atoms with Crippen LogP contribution in [0.5, 0.6) is 0 Å². The highest BCUT2D eigenvalue weighted by atomic mass is 16.1. The number of carbonyl (C=O) groups excluding carboxylic acids is 1. The lowest BCUT2D eigenvalue weighted by atomic mass is 9.90. The molecular weight excluding hydrogens is 188 g/mol. The van der Waals surface area contributed by atoms with Gasteiger partial charge in [-0.3, -0.25) is 4.79 Å². The van der Waals surface area contributed by atoms with Crippen molar-refractivity contribution in [1.82, 2.24) is 0 Å². The van der Waals surface area contributed by atoms with Crippen molar-refractivity contribution < 1.29 is 4.79 Å². The zero-order valence-corrected chi connectivity index (χ0v) is 8.65. The maximum absolute atomic E-state index is 11.3. The fourth-order valence-corrected chi connectivity index (χ4v) is 2.42. The van der Waals surface area contributed by atoms with Gasteiger partial charge in [-0.15, -0.1) is 0 Å². The lowest BCUT2D eigenvalue weighted by Crippen LogP contribution is -2.25. The van der Waals surface area contributed by atoms with Crippen LogP contribution in [0.25, 0.3) is 0 Å². The molecule has 1 amide bonds. The van der Waals surface area contributed by atoms with Gasteiger partial charge in [0, 0.05) is 11.6 Å². The molecule has 0 spiro atoms. The van der Waals surface area contributed by atoms with Crippen LogP contribution in [-0.4, -0.2) is 11.9 Å². The summed E-state index contributed by atoms with van der Waals surface area (Å²) in [7, 11) is 0. The van der Waals surface area contributed by atoms with Crippen LogP contribution in [0.15, 0.2) is 24.3 Å². The fraction of sp³-hybridized carbons (Fsp3) is 0.417. The van der Waals surface area contributed by atoms with E-state index in [2.05, 4.69) is 0 Å². The van der Waals surface area contributed by atoms with Crippen molar-refractivity contribution in [2.75, 3.05) is 0 Å². The van der Waals surface area contributed by atoms with Gasteiger partial charge in [-0.25, -0.2) is 0 Å². The van der Waals surface area contributed by atoms with Crippen molar-refractivity contribution in [3.05, 3.63) is 35.4 Å². The average molecular weight is 204 g/mol. The largest absolute Gasteiger partial charge is 0.366 e. The van der Waals surface area contributed by atoms with Crippen LogP contribution in [0.4, 0.5) is 0 Å². The van der Waals surface area contributed by atoms with Gasteiger partial charge in [-0.1, -0.05) is 24.6 Å². The van der Waals surface area contributed by atoms with E-state index in [0.29, 0.717) is 11.5 Å². The van der Waals surface area contributed by atoms with Crippen molar-refractivity contribution in [2.45, 2.75) is 31.2 Å². The number of nitrogens with two attached hydrogens (primary N) is 2. The van der Waals surface area contributed by atoms with Crippen LogP contribution in [0.3, 0.4) is 0 Å². The normalized spacial score (nSPS) is 25.4. The molecule has 0 bridgehead atoms. The number of hydrogen-bond acceptors (Lipinski definition) is 2. The first-order chi connectivity index (χ1) is 7.20. The van der Waals surface area contributed by atoms with Crippen molar-refractivity contribution in [1.29, 1.82) is 0 Å². The Kier molecular flexibility index (Phi) is 2.73. The van der Waals surface area contributed by atoms with E-state index in [-0.39, 0.29) is 11.9 Å². The number of carbonyl (C=O) groups is 1. The minimum absolute atomic E-state index is 0.172. The van der Waals surface area contributed by atoms with Crippen LogP contribution in [0.1, 0.15) is 41.1 Å². The number of amides is 1. The van der Waals surface area contributed by atoms with Crippen LogP contribution >= 0.6 is 0 Å². The maximum Gasteiger partial charge on any atom is 0.248 e. The third-order valence-corrected chi connectivity index (χ3v) is 3.20. The minimum atomic E-state index is -0.357. The molecule has 80 valence electrons. The zero-order valence-electron chi connectivity index (χ0n) is 8.65. The summed E-state index contributed by atoms with van der Waals surface area (Å²) < 4.78 is 0. The minimum Gasteiger partial charge on any atom is -0.366 e. The van der Waals surface area contributed by atoms with Gasteiger partial charge in [0.25, 0.3) is 0 Å². The summed E-state index contributed by atoms with van der Waals surface area (Å²) >= 11 is 0. The highest BCUT2D eigenvalue weighted by Gasteiger charge is 2.27. The van der Waals surface area contributed by atoms with E-state index in [1.807, 2.05) is 18.2 Å². The monoisotopic (exact) mass is 204 g/mol. The molecule has 15 heavy (non-hydrogen) atoms. The standard InChI is InChI=1S/C12H16N2O/c13-11-7-3-6-9(11)8-4-1-2-5-10(8)12(14)15/h1-2,4-5,9,11H,3,6-7,13H2,(H2,14,15). The Balaban J connectivity index is 2.38. The Morgan fingerprint density at radius 1 is 1.27 bits per heavy atom. The lowest BCUT2D eigenvalue weighted by molar-refractivity contribution is 0.0999. The van der Waals surface area contributed by atoms with E-state index in [4.69, 9.17) is 11.5 Å². The fourth-order valence-electron chi connectivity index (χ4n) is 2.42. The van der Waals surface area contributed by atoms with Gasteiger partial charge >= 0.3 is 0 Å². The molecule has 0 radical (unpaired) electrons. The number of benzene rings is 1. The molecule has 1 aromatic rings. The molecule has 2 rings (SSSR count). The Hall–Kier alpha value is -1.35. The van der Waals surface area contributed by atoms with E-state index in [0.717, 1.165) is 24.8 Å². The van der Waals surface area contributed by atoms with Gasteiger partial charge in [0.15, 0.2) is 0 Å². The summed E-state index contributed by atoms with van der Waals surface area (Å²) in [6.45, 7) is 0. The second kappa shape index (κ2) is 4.03. The second-order valence-corrected chi connectivity index (χ2v) is 4.15. The highest BCUT2D eigenvalue weighted by molar-refractivity contribution is 5.94. The molecule has 0 saturated heterocycles. The average Bonchev–Trinajstić information content (AvgIpc) is 2.64. The van der Waals surface area contributed by atoms with Gasteiger partial charge in [0.1, 0.15) is 0 Å². The predicted octanol–water partition coefficient (Wildman–Crippen LogP) is 1.38. The summed E-state index contributed by atoms with van der Waals surface area (Å²) in [6.07, 6.45) is 3.24. The molecule has 0 heterocycles. The van der Waals surface area contributed by atoms with Crippen LogP contribution < -0.4 is 11.5 Å². The Labute approximate surface area is 89.5 Å². The molecule has 3 heteroatoms. The Bertz CT molecular complexity index is 376. The van der Waals surface area contributed by atoms with E-state index in [1.54, 1.807) is 6.07 Å². The molecule has 3 nitrogen and oxygen atoms in total. The van der Waals surface area contributed by atoms with Gasteiger partial charge in [-0.05, 0) is 30.4 Å². The van der Waals surface area contributed by atoms with E-state index >= 15 is 0 Å². The van der Waals surface area contributed by atoms with Gasteiger partial charge in [0.05, 0.1) is 0 Å². The zero-order chi connectivity index (χ0) is 10.8. The molecule has 1 aliphatic carbocycles. The third-order valence-electron chi connectivity index (χ3n) is 3.20. The first kappa shape index (κ1) is 10.2. The summed E-state index contributed by atoms with van der Waals surface area (Å²) in [5.41, 5.74) is 13.0. The molecule has 1 fully saturated rings. The highest BCUT2D eigenvalue weighted by Crippen LogP contribution is 2.34.